The number of nitrogens with zero attached hydrogens (tertiary/aromatic N) is 4. The molecule has 1 saturated carbocycles. The quantitative estimate of drug-likeness (QED) is 0.659. The summed E-state index contributed by atoms with van der Waals surface area (Å²) in [5.41, 5.74) is 0. The second kappa shape index (κ2) is 8.63. The number of piperidine rings is 1. The van der Waals surface area contributed by atoms with Crippen LogP contribution in [-0.4, -0.2) is 62.5 Å². The second-order valence-electron chi connectivity index (χ2n) is 7.75. The smallest absolute Gasteiger partial charge is 0.475 e. The van der Waals surface area contributed by atoms with Gasteiger partial charge in [0.1, 0.15) is 0 Å². The number of hydrogen-bond donors (Lipinski definition) is 2. The lowest BCUT2D eigenvalue weighted by molar-refractivity contribution is -0.192. The van der Waals surface area contributed by atoms with E-state index in [4.69, 9.17) is 9.90 Å². The minimum absolute atomic E-state index is 0.0182. The first kappa shape index (κ1) is 23.3. The molecule has 4 rings (SSSR count). The molecule has 0 radical (unpaired) electrons. The molecule has 0 bridgehead atoms. The second-order valence-corrected chi connectivity index (χ2v) is 7.75. The van der Waals surface area contributed by atoms with E-state index >= 15 is 0 Å². The zero-order chi connectivity index (χ0) is 23.0. The van der Waals surface area contributed by atoms with Crippen LogP contribution in [0.15, 0.2) is 0 Å². The predicted octanol–water partition coefficient (Wildman–Crippen LogP) is 1.91. The number of carbonyl (C=O) groups is 2. The van der Waals surface area contributed by atoms with Crippen LogP contribution in [-0.2, 0) is 28.9 Å². The number of halogens is 6. The van der Waals surface area contributed by atoms with E-state index in [1.807, 2.05) is 0 Å². The first-order valence-electron chi connectivity index (χ1n) is 9.68. The Morgan fingerprint density at radius 1 is 1.03 bits per heavy atom. The minimum atomic E-state index is -5.08. The van der Waals surface area contributed by atoms with Gasteiger partial charge in [-0.2, -0.15) is 26.3 Å². The van der Waals surface area contributed by atoms with Gasteiger partial charge in [0.25, 0.3) is 0 Å². The molecule has 1 aromatic rings. The highest BCUT2D eigenvalue weighted by Gasteiger charge is 2.44. The highest BCUT2D eigenvalue weighted by molar-refractivity contribution is 5.79. The van der Waals surface area contributed by atoms with Crippen molar-refractivity contribution >= 4 is 11.9 Å². The van der Waals surface area contributed by atoms with E-state index in [-0.39, 0.29) is 37.3 Å². The Labute approximate surface area is 172 Å². The van der Waals surface area contributed by atoms with Gasteiger partial charge in [0.05, 0.1) is 6.54 Å². The molecule has 0 aromatic carbocycles. The van der Waals surface area contributed by atoms with Gasteiger partial charge in [0.15, 0.2) is 5.82 Å². The molecule has 0 unspecified atom stereocenters. The molecule has 2 N–H and O–H groups in total. The molecular weight excluding hydrogens is 436 g/mol. The zero-order valence-corrected chi connectivity index (χ0v) is 16.2. The number of carboxylic acids is 1. The van der Waals surface area contributed by atoms with E-state index in [0.717, 1.165) is 24.1 Å². The number of nitrogens with one attached hydrogen (secondary N) is 1. The summed E-state index contributed by atoms with van der Waals surface area (Å²) < 4.78 is 71.5. The van der Waals surface area contributed by atoms with Crippen molar-refractivity contribution in [2.45, 2.75) is 44.7 Å². The van der Waals surface area contributed by atoms with Crippen molar-refractivity contribution in [3.05, 3.63) is 11.6 Å². The molecule has 3 aliphatic rings. The van der Waals surface area contributed by atoms with Gasteiger partial charge in [0.2, 0.25) is 11.7 Å². The lowest BCUT2D eigenvalue weighted by Gasteiger charge is -2.36. The summed E-state index contributed by atoms with van der Waals surface area (Å²) in [4.78, 5) is 23.5. The molecule has 1 aromatic heterocycles. The molecule has 1 aliphatic carbocycles. The van der Waals surface area contributed by atoms with Crippen molar-refractivity contribution < 1.29 is 41.0 Å². The van der Waals surface area contributed by atoms with Crippen LogP contribution in [0.3, 0.4) is 0 Å². The van der Waals surface area contributed by atoms with Gasteiger partial charge in [0, 0.05) is 19.0 Å². The summed E-state index contributed by atoms with van der Waals surface area (Å²) in [6.45, 7) is 2.19. The Morgan fingerprint density at radius 2 is 1.68 bits per heavy atom. The third-order valence-corrected chi connectivity index (χ3v) is 5.63. The fourth-order valence-corrected chi connectivity index (χ4v) is 4.00. The van der Waals surface area contributed by atoms with Crippen molar-refractivity contribution in [3.63, 3.8) is 0 Å². The summed E-state index contributed by atoms with van der Waals surface area (Å²) in [5.74, 6) is -2.48. The van der Waals surface area contributed by atoms with Crippen LogP contribution in [0.2, 0.25) is 0 Å². The van der Waals surface area contributed by atoms with Crippen molar-refractivity contribution in [1.82, 2.24) is 25.0 Å². The maximum absolute atomic E-state index is 12.9. The number of carboxylic acid groups (broad SMARTS) is 1. The molecule has 2 atom stereocenters. The number of alkyl halides is 6. The highest BCUT2D eigenvalue weighted by atomic mass is 19.4. The van der Waals surface area contributed by atoms with Crippen molar-refractivity contribution in [3.8, 4) is 0 Å². The first-order valence-corrected chi connectivity index (χ1v) is 9.68. The van der Waals surface area contributed by atoms with E-state index in [1.54, 1.807) is 4.90 Å². The fraction of sp³-hybridized carbons (Fsp3) is 0.765. The van der Waals surface area contributed by atoms with Gasteiger partial charge < -0.3 is 19.9 Å². The van der Waals surface area contributed by atoms with Crippen molar-refractivity contribution in [1.29, 1.82) is 0 Å². The lowest BCUT2D eigenvalue weighted by atomic mass is 9.82. The van der Waals surface area contributed by atoms with E-state index in [0.29, 0.717) is 11.8 Å². The van der Waals surface area contributed by atoms with Crippen molar-refractivity contribution in [2.75, 3.05) is 19.6 Å². The highest BCUT2D eigenvalue weighted by Crippen LogP contribution is 2.43. The molecule has 14 heteroatoms. The number of carbonyl (C=O) groups excluding carboxylic acids is 1. The molecular formula is C17H21F6N5O3. The molecule has 3 heterocycles. The number of aromatic nitrogens is 3. The van der Waals surface area contributed by atoms with Gasteiger partial charge in [-0.1, -0.05) is 0 Å². The number of hydrogen-bond acceptors (Lipinski definition) is 5. The predicted molar refractivity (Wildman–Crippen MR) is 91.3 cm³/mol. The van der Waals surface area contributed by atoms with Crippen molar-refractivity contribution in [2.24, 2.45) is 17.8 Å². The summed E-state index contributed by atoms with van der Waals surface area (Å²) in [6.07, 6.45) is -6.43. The molecule has 2 fully saturated rings. The largest absolute Gasteiger partial charge is 0.490 e. The molecule has 0 spiro atoms. The lowest BCUT2D eigenvalue weighted by Crippen LogP contribution is -2.49. The maximum atomic E-state index is 12.9. The van der Waals surface area contributed by atoms with Gasteiger partial charge in [-0.3, -0.25) is 4.79 Å². The Kier molecular flexibility index (Phi) is 6.48. The minimum Gasteiger partial charge on any atom is -0.475 e. The molecule has 8 nitrogen and oxygen atoms in total. The van der Waals surface area contributed by atoms with Gasteiger partial charge in [-0.15, -0.1) is 10.2 Å². The standard InChI is InChI=1S/C15H20F3N5O.C2HF3O2/c16-15(17,18)14-21-20-12-8-22(5-6-23(12)14)13(24)10-3-4-19-7-11(10)9-1-2-9;3-2(4,5)1(6)7/h9-11,19H,1-8H2;(H,6,7)/t10-,11-;/m0./s1. The van der Waals surface area contributed by atoms with Crippen LogP contribution in [0.1, 0.15) is 30.9 Å². The van der Waals surface area contributed by atoms with Gasteiger partial charge in [-0.05, 0) is 44.2 Å². The summed E-state index contributed by atoms with van der Waals surface area (Å²) in [5, 5.41) is 17.4. The van der Waals surface area contributed by atoms with E-state index in [2.05, 4.69) is 15.5 Å². The Bertz CT molecular complexity index is 820. The molecule has 31 heavy (non-hydrogen) atoms. The van der Waals surface area contributed by atoms with Gasteiger partial charge >= 0.3 is 18.3 Å². The Hall–Kier alpha value is -2.38. The van der Waals surface area contributed by atoms with E-state index in [1.165, 1.54) is 12.8 Å². The van der Waals surface area contributed by atoms with Crippen LogP contribution in [0.5, 0.6) is 0 Å². The monoisotopic (exact) mass is 457 g/mol. The first-order chi connectivity index (χ1) is 14.4. The number of fused-ring (bicyclic) bond motifs is 1. The average molecular weight is 457 g/mol. The summed E-state index contributed by atoms with van der Waals surface area (Å²) in [7, 11) is 0. The van der Waals surface area contributed by atoms with Crippen LogP contribution < -0.4 is 5.32 Å². The molecule has 1 saturated heterocycles. The number of rotatable bonds is 2. The number of amides is 1. The number of aliphatic carboxylic acids is 1. The molecule has 1 amide bonds. The van der Waals surface area contributed by atoms with E-state index < -0.39 is 24.1 Å². The fourth-order valence-electron chi connectivity index (χ4n) is 4.00. The third-order valence-electron chi connectivity index (χ3n) is 5.63. The van der Waals surface area contributed by atoms with Crippen LogP contribution in [0, 0.1) is 17.8 Å². The van der Waals surface area contributed by atoms with Crippen LogP contribution >= 0.6 is 0 Å². The van der Waals surface area contributed by atoms with Crippen LogP contribution in [0.25, 0.3) is 0 Å². The van der Waals surface area contributed by atoms with Crippen LogP contribution in [0.4, 0.5) is 26.3 Å². The Morgan fingerprint density at radius 3 is 2.23 bits per heavy atom. The Balaban J connectivity index is 0.000000339. The average Bonchev–Trinajstić information content (AvgIpc) is 3.44. The molecule has 174 valence electrons. The molecule has 2 aliphatic heterocycles. The maximum Gasteiger partial charge on any atom is 0.490 e. The zero-order valence-electron chi connectivity index (χ0n) is 16.2. The van der Waals surface area contributed by atoms with E-state index in [9.17, 15) is 31.1 Å². The topological polar surface area (TPSA) is 100 Å². The third kappa shape index (κ3) is 5.46. The summed E-state index contributed by atoms with van der Waals surface area (Å²) >= 11 is 0. The van der Waals surface area contributed by atoms with Gasteiger partial charge in [-0.25, -0.2) is 4.79 Å². The summed E-state index contributed by atoms with van der Waals surface area (Å²) in [6, 6.07) is 0. The SMILES string of the molecule is O=C(O)C(F)(F)F.O=C([C@H]1CCNC[C@H]1C1CC1)N1CCn2c(nnc2C(F)(F)F)C1. The normalized spacial score (nSPS) is 24.1.